The predicted molar refractivity (Wildman–Crippen MR) is 83.0 cm³/mol. The van der Waals surface area contributed by atoms with Crippen molar-refractivity contribution in [3.8, 4) is 0 Å². The second-order valence-corrected chi connectivity index (χ2v) is 5.93. The third-order valence-electron chi connectivity index (χ3n) is 3.97. The Morgan fingerprint density at radius 3 is 3.23 bits per heavy atom. The van der Waals surface area contributed by atoms with E-state index < -0.39 is 0 Å². The number of carbonyl (C=O) groups is 1. The van der Waals surface area contributed by atoms with Crippen LogP contribution in [-0.2, 0) is 13.0 Å². The van der Waals surface area contributed by atoms with Crippen LogP contribution in [0.25, 0.3) is 11.0 Å². The molecule has 1 aliphatic rings. The van der Waals surface area contributed by atoms with Gasteiger partial charge < -0.3 is 14.3 Å². The van der Waals surface area contributed by atoms with Crippen LogP contribution in [0, 0.1) is 0 Å². The highest BCUT2D eigenvalue weighted by Crippen LogP contribution is 2.23. The number of nitrogens with one attached hydrogen (secondary N) is 1. The monoisotopic (exact) mass is 315 g/mol. The summed E-state index contributed by atoms with van der Waals surface area (Å²) in [7, 11) is 0. The van der Waals surface area contributed by atoms with Crippen molar-refractivity contribution in [2.45, 2.75) is 25.4 Å². The third kappa shape index (κ3) is 2.37. The predicted octanol–water partition coefficient (Wildman–Crippen LogP) is 3.03. The summed E-state index contributed by atoms with van der Waals surface area (Å²) < 4.78 is 7.67. The molecule has 1 N–H and O–H groups in total. The molecule has 0 aliphatic carbocycles. The molecule has 1 aromatic carbocycles. The molecule has 1 amide bonds. The Kier molecular flexibility index (Phi) is 3.15. The summed E-state index contributed by atoms with van der Waals surface area (Å²) in [6, 6.07) is 7.12. The van der Waals surface area contributed by atoms with Gasteiger partial charge in [0.1, 0.15) is 11.4 Å². The van der Waals surface area contributed by atoms with Crippen LogP contribution in [0.2, 0.25) is 5.02 Å². The fourth-order valence-electron chi connectivity index (χ4n) is 2.87. The van der Waals surface area contributed by atoms with Crippen LogP contribution in [0.1, 0.15) is 22.8 Å². The second-order valence-electron chi connectivity index (χ2n) is 5.50. The SMILES string of the molecule is O=C(N[C@@H]1CCc2nccn2C1)c1cc2cc(Cl)ccc2o1. The molecular formula is C16H14ClN3O2. The lowest BCUT2D eigenvalue weighted by Gasteiger charge is -2.24. The lowest BCUT2D eigenvalue weighted by molar-refractivity contribution is 0.0901. The number of furan rings is 1. The third-order valence-corrected chi connectivity index (χ3v) is 4.21. The number of carbonyl (C=O) groups excluding carboxylic acids is 1. The van der Waals surface area contributed by atoms with E-state index in [9.17, 15) is 4.79 Å². The van der Waals surface area contributed by atoms with Crippen molar-refractivity contribution >= 4 is 28.5 Å². The van der Waals surface area contributed by atoms with Gasteiger partial charge >= 0.3 is 0 Å². The summed E-state index contributed by atoms with van der Waals surface area (Å²) in [6.07, 6.45) is 5.49. The highest BCUT2D eigenvalue weighted by molar-refractivity contribution is 6.31. The van der Waals surface area contributed by atoms with Crippen LogP contribution in [0.3, 0.4) is 0 Å². The number of amides is 1. The summed E-state index contributed by atoms with van der Waals surface area (Å²) >= 11 is 5.95. The molecule has 3 aromatic rings. The molecule has 5 nitrogen and oxygen atoms in total. The number of rotatable bonds is 2. The van der Waals surface area contributed by atoms with Crippen LogP contribution in [0.15, 0.2) is 41.1 Å². The Morgan fingerprint density at radius 2 is 2.32 bits per heavy atom. The maximum atomic E-state index is 12.4. The first-order valence-electron chi connectivity index (χ1n) is 7.19. The van der Waals surface area contributed by atoms with E-state index in [0.29, 0.717) is 16.4 Å². The van der Waals surface area contributed by atoms with Gasteiger partial charge in [0.2, 0.25) is 0 Å². The molecule has 1 atom stereocenters. The number of aryl methyl sites for hydroxylation is 1. The van der Waals surface area contributed by atoms with Crippen LogP contribution in [-0.4, -0.2) is 21.5 Å². The zero-order chi connectivity index (χ0) is 15.1. The quantitative estimate of drug-likeness (QED) is 0.790. The van der Waals surface area contributed by atoms with Gasteiger partial charge in [-0.15, -0.1) is 0 Å². The minimum Gasteiger partial charge on any atom is -0.451 e. The Balaban J connectivity index is 1.52. The number of hydrogen-bond acceptors (Lipinski definition) is 3. The van der Waals surface area contributed by atoms with Crippen LogP contribution in [0.4, 0.5) is 0 Å². The summed E-state index contributed by atoms with van der Waals surface area (Å²) in [5.41, 5.74) is 0.662. The van der Waals surface area contributed by atoms with Crippen molar-refractivity contribution in [1.29, 1.82) is 0 Å². The summed E-state index contributed by atoms with van der Waals surface area (Å²) in [5.74, 6) is 1.19. The highest BCUT2D eigenvalue weighted by Gasteiger charge is 2.22. The zero-order valence-electron chi connectivity index (χ0n) is 11.8. The molecule has 2 aromatic heterocycles. The standard InChI is InChI=1S/C16H14ClN3O2/c17-11-1-3-13-10(7-11)8-14(22-13)16(21)19-12-2-4-15-18-5-6-20(15)9-12/h1,3,5-8,12H,2,4,9H2,(H,19,21)/t12-/m1/s1. The maximum Gasteiger partial charge on any atom is 0.287 e. The molecule has 3 heterocycles. The number of imidazole rings is 1. The summed E-state index contributed by atoms with van der Waals surface area (Å²) in [5, 5.41) is 4.48. The van der Waals surface area contributed by atoms with Crippen LogP contribution in [0.5, 0.6) is 0 Å². The largest absolute Gasteiger partial charge is 0.451 e. The van der Waals surface area contributed by atoms with Gasteiger partial charge in [0, 0.05) is 41.8 Å². The highest BCUT2D eigenvalue weighted by atomic mass is 35.5. The minimum absolute atomic E-state index is 0.0889. The Morgan fingerprint density at radius 1 is 1.41 bits per heavy atom. The summed E-state index contributed by atoms with van der Waals surface area (Å²) in [6.45, 7) is 0.743. The van der Waals surface area contributed by atoms with E-state index in [1.165, 1.54) is 0 Å². The smallest absolute Gasteiger partial charge is 0.287 e. The van der Waals surface area contributed by atoms with E-state index >= 15 is 0 Å². The van der Waals surface area contributed by atoms with Crippen LogP contribution >= 0.6 is 11.6 Å². The number of halogens is 1. The molecule has 0 bridgehead atoms. The molecule has 0 unspecified atom stereocenters. The zero-order valence-corrected chi connectivity index (χ0v) is 12.5. The molecule has 6 heteroatoms. The van der Waals surface area contributed by atoms with Crippen molar-refractivity contribution in [2.75, 3.05) is 0 Å². The fraction of sp³-hybridized carbons (Fsp3) is 0.250. The van der Waals surface area contributed by atoms with E-state index in [-0.39, 0.29) is 11.9 Å². The van der Waals surface area contributed by atoms with Gasteiger partial charge in [-0.05, 0) is 30.7 Å². The van der Waals surface area contributed by atoms with Gasteiger partial charge in [0.15, 0.2) is 5.76 Å². The molecule has 0 saturated carbocycles. The Labute approximate surface area is 131 Å². The van der Waals surface area contributed by atoms with Crippen molar-refractivity contribution in [3.63, 3.8) is 0 Å². The number of benzene rings is 1. The van der Waals surface area contributed by atoms with Gasteiger partial charge in [-0.2, -0.15) is 0 Å². The van der Waals surface area contributed by atoms with Gasteiger partial charge in [0.25, 0.3) is 5.91 Å². The molecule has 4 rings (SSSR count). The van der Waals surface area contributed by atoms with Crippen molar-refractivity contribution in [2.24, 2.45) is 0 Å². The van der Waals surface area contributed by atoms with Gasteiger partial charge in [0.05, 0.1) is 0 Å². The topological polar surface area (TPSA) is 60.1 Å². The molecule has 0 saturated heterocycles. The van der Waals surface area contributed by atoms with E-state index in [1.807, 2.05) is 6.20 Å². The number of nitrogens with zero attached hydrogens (tertiary/aromatic N) is 2. The lowest BCUT2D eigenvalue weighted by atomic mass is 10.1. The molecule has 0 radical (unpaired) electrons. The molecule has 0 fully saturated rings. The van der Waals surface area contributed by atoms with Gasteiger partial charge in [-0.3, -0.25) is 4.79 Å². The van der Waals surface area contributed by atoms with Crippen molar-refractivity contribution < 1.29 is 9.21 Å². The summed E-state index contributed by atoms with van der Waals surface area (Å²) in [4.78, 5) is 16.6. The van der Waals surface area contributed by atoms with E-state index in [4.69, 9.17) is 16.0 Å². The average molecular weight is 316 g/mol. The molecule has 22 heavy (non-hydrogen) atoms. The van der Waals surface area contributed by atoms with Crippen LogP contribution < -0.4 is 5.32 Å². The minimum atomic E-state index is -0.194. The number of aromatic nitrogens is 2. The van der Waals surface area contributed by atoms with Gasteiger partial charge in [-0.25, -0.2) is 4.98 Å². The van der Waals surface area contributed by atoms with Crippen molar-refractivity contribution in [3.05, 3.63) is 53.3 Å². The maximum absolute atomic E-state index is 12.4. The molecular weight excluding hydrogens is 302 g/mol. The molecule has 112 valence electrons. The van der Waals surface area contributed by atoms with Gasteiger partial charge in [-0.1, -0.05) is 11.6 Å². The number of fused-ring (bicyclic) bond motifs is 2. The number of hydrogen-bond donors (Lipinski definition) is 1. The molecule has 1 aliphatic heterocycles. The van der Waals surface area contributed by atoms with Crippen molar-refractivity contribution in [1.82, 2.24) is 14.9 Å². The van der Waals surface area contributed by atoms with E-state index in [1.54, 1.807) is 30.5 Å². The second kappa shape index (κ2) is 5.18. The molecule has 0 spiro atoms. The van der Waals surface area contributed by atoms with E-state index in [2.05, 4.69) is 14.9 Å². The first kappa shape index (κ1) is 13.4. The Hall–Kier alpha value is -2.27. The first-order chi connectivity index (χ1) is 10.7. The Bertz CT molecular complexity index is 852. The normalized spacial score (nSPS) is 17.4. The fourth-order valence-corrected chi connectivity index (χ4v) is 3.05. The first-order valence-corrected chi connectivity index (χ1v) is 7.57. The van der Waals surface area contributed by atoms with E-state index in [0.717, 1.165) is 30.6 Å². The average Bonchev–Trinajstić information content (AvgIpc) is 3.12. The lowest BCUT2D eigenvalue weighted by Crippen LogP contribution is -2.40.